The zero-order valence-corrected chi connectivity index (χ0v) is 13.0. The lowest BCUT2D eigenvalue weighted by Crippen LogP contribution is -2.62. The van der Waals surface area contributed by atoms with Crippen LogP contribution in [0, 0.1) is 0 Å². The first-order valence-electron chi connectivity index (χ1n) is 6.82. The molecule has 6 nitrogen and oxygen atoms in total. The largest absolute Gasteiger partial charge is 0.377 e. The predicted molar refractivity (Wildman–Crippen MR) is 74.2 cm³/mol. The van der Waals surface area contributed by atoms with E-state index in [-0.39, 0.29) is 18.3 Å². The lowest BCUT2D eigenvalue weighted by Gasteiger charge is -2.40. The van der Waals surface area contributed by atoms with Gasteiger partial charge in [0.2, 0.25) is 5.79 Å². The number of ether oxygens (including phenoxy) is 5. The van der Waals surface area contributed by atoms with Crippen LogP contribution in [0.1, 0.15) is 27.7 Å². The minimum Gasteiger partial charge on any atom is -0.377 e. The molecule has 3 aliphatic rings. The van der Waals surface area contributed by atoms with Crippen LogP contribution >= 0.6 is 12.2 Å². The van der Waals surface area contributed by atoms with Crippen molar-refractivity contribution in [2.45, 2.75) is 63.4 Å². The second kappa shape index (κ2) is 4.59. The van der Waals surface area contributed by atoms with E-state index >= 15 is 0 Å². The van der Waals surface area contributed by atoms with Crippen LogP contribution in [0.25, 0.3) is 0 Å². The molecule has 3 saturated heterocycles. The molecule has 0 amide bonds. The van der Waals surface area contributed by atoms with Crippen LogP contribution < -0.4 is 5.32 Å². The molecule has 3 fully saturated rings. The van der Waals surface area contributed by atoms with Gasteiger partial charge in [-0.05, 0) is 27.7 Å². The minimum absolute atomic E-state index is 0.145. The molecule has 0 aliphatic carbocycles. The molecule has 7 heteroatoms. The highest BCUT2D eigenvalue weighted by Crippen LogP contribution is 2.47. The quantitative estimate of drug-likeness (QED) is 0.778. The van der Waals surface area contributed by atoms with Crippen LogP contribution in [0.4, 0.5) is 0 Å². The fourth-order valence-electron chi connectivity index (χ4n) is 3.17. The van der Waals surface area contributed by atoms with E-state index in [0.717, 1.165) is 0 Å². The summed E-state index contributed by atoms with van der Waals surface area (Å²) in [6.07, 6.45) is -0.721. The van der Waals surface area contributed by atoms with E-state index in [2.05, 4.69) is 5.32 Å². The SMILES string of the molecule is CC1(C)O[C@@H]2[C@@H](CO[C@@]3(CNC=S)OC(C)(C)O[C@@H]23)O1. The van der Waals surface area contributed by atoms with Gasteiger partial charge in [0.25, 0.3) is 0 Å². The molecule has 3 rings (SSSR count). The Balaban J connectivity index is 1.87. The van der Waals surface area contributed by atoms with Crippen molar-refractivity contribution >= 4 is 17.7 Å². The van der Waals surface area contributed by atoms with Crippen molar-refractivity contribution < 1.29 is 23.7 Å². The Morgan fingerprint density at radius 3 is 2.60 bits per heavy atom. The second-order valence-electron chi connectivity index (χ2n) is 6.30. The highest BCUT2D eigenvalue weighted by atomic mass is 32.1. The maximum Gasteiger partial charge on any atom is 0.218 e. The summed E-state index contributed by atoms with van der Waals surface area (Å²) in [6, 6.07) is 0. The van der Waals surface area contributed by atoms with Crippen molar-refractivity contribution in [1.29, 1.82) is 0 Å². The predicted octanol–water partition coefficient (Wildman–Crippen LogP) is 0.931. The van der Waals surface area contributed by atoms with Crippen LogP contribution in [0.5, 0.6) is 0 Å². The minimum atomic E-state index is -0.899. The lowest BCUT2D eigenvalue weighted by molar-refractivity contribution is -0.276. The number of thiocarbonyl (C=S) groups is 1. The summed E-state index contributed by atoms with van der Waals surface area (Å²) in [5.74, 6) is -2.27. The van der Waals surface area contributed by atoms with Gasteiger partial charge >= 0.3 is 0 Å². The van der Waals surface area contributed by atoms with Gasteiger partial charge in [0.05, 0.1) is 18.6 Å². The molecule has 3 aliphatic heterocycles. The van der Waals surface area contributed by atoms with Gasteiger partial charge in [-0.25, -0.2) is 0 Å². The molecular formula is C13H21NO5S. The summed E-state index contributed by atoms with van der Waals surface area (Å²) >= 11 is 4.82. The molecule has 20 heavy (non-hydrogen) atoms. The molecule has 4 atom stereocenters. The van der Waals surface area contributed by atoms with Gasteiger partial charge in [-0.1, -0.05) is 12.2 Å². The number of fused-ring (bicyclic) bond motifs is 3. The zero-order chi connectivity index (χ0) is 14.6. The summed E-state index contributed by atoms with van der Waals surface area (Å²) in [7, 11) is 0. The molecule has 0 aromatic heterocycles. The topological polar surface area (TPSA) is 58.2 Å². The van der Waals surface area contributed by atoms with E-state index in [1.165, 1.54) is 5.49 Å². The Morgan fingerprint density at radius 1 is 1.15 bits per heavy atom. The van der Waals surface area contributed by atoms with Crippen LogP contribution in [0.15, 0.2) is 0 Å². The Kier molecular flexibility index (Phi) is 3.36. The third-order valence-corrected chi connectivity index (χ3v) is 3.87. The first-order valence-corrected chi connectivity index (χ1v) is 7.29. The molecule has 0 bridgehead atoms. The Labute approximate surface area is 124 Å². The molecule has 0 aromatic rings. The molecule has 0 radical (unpaired) electrons. The van der Waals surface area contributed by atoms with Crippen LogP contribution in [-0.2, 0) is 23.7 Å². The molecule has 1 N–H and O–H groups in total. The summed E-state index contributed by atoms with van der Waals surface area (Å²) < 4.78 is 29.8. The van der Waals surface area contributed by atoms with Crippen molar-refractivity contribution in [1.82, 2.24) is 5.32 Å². The van der Waals surface area contributed by atoms with Gasteiger partial charge in [0.1, 0.15) is 18.3 Å². The summed E-state index contributed by atoms with van der Waals surface area (Å²) in [5.41, 5.74) is 1.45. The highest BCUT2D eigenvalue weighted by Gasteiger charge is 2.65. The van der Waals surface area contributed by atoms with Crippen LogP contribution in [0.3, 0.4) is 0 Å². The van der Waals surface area contributed by atoms with Crippen molar-refractivity contribution in [2.75, 3.05) is 13.2 Å². The van der Waals surface area contributed by atoms with Crippen molar-refractivity contribution in [2.24, 2.45) is 0 Å². The maximum absolute atomic E-state index is 6.02. The highest BCUT2D eigenvalue weighted by molar-refractivity contribution is 7.78. The third-order valence-electron chi connectivity index (χ3n) is 3.71. The van der Waals surface area contributed by atoms with Crippen LogP contribution in [0.2, 0.25) is 0 Å². The van der Waals surface area contributed by atoms with Crippen molar-refractivity contribution in [3.8, 4) is 0 Å². The number of rotatable bonds is 3. The van der Waals surface area contributed by atoms with Crippen LogP contribution in [-0.4, -0.2) is 54.3 Å². The monoisotopic (exact) mass is 303 g/mol. The third kappa shape index (κ3) is 2.36. The van der Waals surface area contributed by atoms with E-state index in [0.29, 0.717) is 13.2 Å². The van der Waals surface area contributed by atoms with E-state index in [1.54, 1.807) is 0 Å². The number of hydrogen-bond acceptors (Lipinski definition) is 6. The van der Waals surface area contributed by atoms with E-state index in [9.17, 15) is 0 Å². The summed E-state index contributed by atoms with van der Waals surface area (Å²) in [6.45, 7) is 8.33. The molecule has 0 saturated carbocycles. The maximum atomic E-state index is 6.02. The smallest absolute Gasteiger partial charge is 0.218 e. The molecular weight excluding hydrogens is 282 g/mol. The van der Waals surface area contributed by atoms with Gasteiger partial charge in [0, 0.05) is 0 Å². The van der Waals surface area contributed by atoms with E-state index in [4.69, 9.17) is 35.9 Å². The van der Waals surface area contributed by atoms with Gasteiger partial charge in [0.15, 0.2) is 11.6 Å². The summed E-state index contributed by atoms with van der Waals surface area (Å²) in [4.78, 5) is 0. The summed E-state index contributed by atoms with van der Waals surface area (Å²) in [5, 5.41) is 2.98. The van der Waals surface area contributed by atoms with Gasteiger partial charge < -0.3 is 29.0 Å². The van der Waals surface area contributed by atoms with Crippen molar-refractivity contribution in [3.05, 3.63) is 0 Å². The zero-order valence-electron chi connectivity index (χ0n) is 12.2. The number of nitrogens with one attached hydrogen (secondary N) is 1. The van der Waals surface area contributed by atoms with Crippen molar-refractivity contribution in [3.63, 3.8) is 0 Å². The molecule has 3 heterocycles. The Morgan fingerprint density at radius 2 is 1.90 bits per heavy atom. The normalized spacial score (nSPS) is 44.7. The lowest BCUT2D eigenvalue weighted by atomic mass is 9.97. The molecule has 114 valence electrons. The Bertz CT molecular complexity index is 416. The fourth-order valence-corrected chi connectivity index (χ4v) is 3.25. The average Bonchev–Trinajstić information content (AvgIpc) is 2.78. The first kappa shape index (κ1) is 14.6. The standard InChI is InChI=1S/C13H21NO5S/c1-11(2)16-8-5-15-13(6-14-7-20)10(9(8)17-11)18-12(3,4)19-13/h7-10H,5-6H2,1-4H3,(H,14,20)/t8-,9-,10+,13+/m1/s1. The van der Waals surface area contributed by atoms with E-state index in [1.807, 2.05) is 27.7 Å². The van der Waals surface area contributed by atoms with Gasteiger partial charge in [-0.3, -0.25) is 0 Å². The average molecular weight is 303 g/mol. The molecule has 0 aromatic carbocycles. The Hall–Kier alpha value is -0.310. The molecule has 0 spiro atoms. The number of hydrogen-bond donors (Lipinski definition) is 1. The second-order valence-corrected chi connectivity index (χ2v) is 6.54. The molecule has 0 unspecified atom stereocenters. The fraction of sp³-hybridized carbons (Fsp3) is 0.923. The van der Waals surface area contributed by atoms with Gasteiger partial charge in [-0.15, -0.1) is 0 Å². The first-order chi connectivity index (χ1) is 9.27. The van der Waals surface area contributed by atoms with Gasteiger partial charge in [-0.2, -0.15) is 0 Å². The van der Waals surface area contributed by atoms with E-state index < -0.39 is 17.4 Å².